The highest BCUT2D eigenvalue weighted by molar-refractivity contribution is 6.30. The molecule has 0 aliphatic carbocycles. The van der Waals surface area contributed by atoms with E-state index < -0.39 is 25.1 Å². The standard InChI is InChI=1S/C17H14ClF2NO4/c18-13-6-4-11(5-7-13)9-21-15(22)10-24-16(23)12-2-1-3-14(8-12)25-17(19)20/h1-8,17H,9-10H2,(H,21,22). The molecular weight excluding hydrogens is 356 g/mol. The minimum Gasteiger partial charge on any atom is -0.452 e. The number of carbonyl (C=O) groups is 2. The van der Waals surface area contributed by atoms with Crippen molar-refractivity contribution in [2.45, 2.75) is 13.2 Å². The van der Waals surface area contributed by atoms with Gasteiger partial charge in [-0.1, -0.05) is 29.8 Å². The summed E-state index contributed by atoms with van der Waals surface area (Å²) in [7, 11) is 0. The third kappa shape index (κ3) is 6.39. The van der Waals surface area contributed by atoms with E-state index in [9.17, 15) is 18.4 Å². The van der Waals surface area contributed by atoms with Crippen molar-refractivity contribution in [2.24, 2.45) is 0 Å². The molecule has 8 heteroatoms. The van der Waals surface area contributed by atoms with Gasteiger partial charge in [0.05, 0.1) is 5.56 Å². The minimum atomic E-state index is -3.00. The van der Waals surface area contributed by atoms with Gasteiger partial charge in [-0.3, -0.25) is 4.79 Å². The van der Waals surface area contributed by atoms with Gasteiger partial charge in [0, 0.05) is 11.6 Å². The molecule has 0 spiro atoms. The van der Waals surface area contributed by atoms with Crippen LogP contribution in [0.25, 0.3) is 0 Å². The minimum absolute atomic E-state index is 0.00338. The summed E-state index contributed by atoms with van der Waals surface area (Å²) in [5.41, 5.74) is 0.838. The van der Waals surface area contributed by atoms with Gasteiger partial charge in [0.25, 0.3) is 5.91 Å². The van der Waals surface area contributed by atoms with Crippen LogP contribution in [0.4, 0.5) is 8.78 Å². The lowest BCUT2D eigenvalue weighted by Gasteiger charge is -2.08. The largest absolute Gasteiger partial charge is 0.452 e. The zero-order valence-electron chi connectivity index (χ0n) is 12.9. The summed E-state index contributed by atoms with van der Waals surface area (Å²) in [6.45, 7) is -3.23. The number of rotatable bonds is 7. The van der Waals surface area contributed by atoms with Gasteiger partial charge in [-0.15, -0.1) is 0 Å². The molecule has 0 aliphatic rings. The number of hydrogen-bond acceptors (Lipinski definition) is 4. The molecule has 0 saturated carbocycles. The maximum atomic E-state index is 12.2. The van der Waals surface area contributed by atoms with E-state index in [2.05, 4.69) is 10.1 Å². The van der Waals surface area contributed by atoms with E-state index in [1.165, 1.54) is 18.2 Å². The fourth-order valence-electron chi connectivity index (χ4n) is 1.87. The average molecular weight is 370 g/mol. The van der Waals surface area contributed by atoms with Gasteiger partial charge < -0.3 is 14.8 Å². The van der Waals surface area contributed by atoms with Gasteiger partial charge in [0.1, 0.15) is 5.75 Å². The Bertz CT molecular complexity index is 738. The normalized spacial score (nSPS) is 10.4. The average Bonchev–Trinajstić information content (AvgIpc) is 2.59. The molecule has 0 saturated heterocycles. The van der Waals surface area contributed by atoms with Crippen LogP contribution in [-0.4, -0.2) is 25.1 Å². The number of benzene rings is 2. The van der Waals surface area contributed by atoms with Gasteiger partial charge in [0.15, 0.2) is 6.61 Å². The summed E-state index contributed by atoms with van der Waals surface area (Å²) in [4.78, 5) is 23.5. The molecule has 0 aliphatic heterocycles. The first kappa shape index (κ1) is 18.7. The predicted octanol–water partition coefficient (Wildman–Crippen LogP) is 3.41. The second kappa shape index (κ2) is 8.98. The molecule has 0 unspecified atom stereocenters. The fourth-order valence-corrected chi connectivity index (χ4v) is 1.99. The summed E-state index contributed by atoms with van der Waals surface area (Å²) in [6, 6.07) is 12.0. The summed E-state index contributed by atoms with van der Waals surface area (Å²) in [6.07, 6.45) is 0. The number of nitrogens with one attached hydrogen (secondary N) is 1. The van der Waals surface area contributed by atoms with Crippen molar-refractivity contribution < 1.29 is 27.8 Å². The molecule has 0 aromatic heterocycles. The molecule has 2 aromatic carbocycles. The van der Waals surface area contributed by atoms with Crippen molar-refractivity contribution >= 4 is 23.5 Å². The van der Waals surface area contributed by atoms with Crippen molar-refractivity contribution in [3.63, 3.8) is 0 Å². The van der Waals surface area contributed by atoms with Crippen LogP contribution in [0.3, 0.4) is 0 Å². The third-order valence-electron chi connectivity index (χ3n) is 3.03. The predicted molar refractivity (Wildman–Crippen MR) is 86.7 cm³/mol. The lowest BCUT2D eigenvalue weighted by molar-refractivity contribution is -0.124. The van der Waals surface area contributed by atoms with Crippen molar-refractivity contribution in [2.75, 3.05) is 6.61 Å². The molecule has 2 aromatic rings. The van der Waals surface area contributed by atoms with Crippen LogP contribution < -0.4 is 10.1 Å². The van der Waals surface area contributed by atoms with Crippen LogP contribution in [0.15, 0.2) is 48.5 Å². The second-order valence-electron chi connectivity index (χ2n) is 4.89. The first-order valence-electron chi connectivity index (χ1n) is 7.17. The van der Waals surface area contributed by atoms with Crippen LogP contribution in [0.2, 0.25) is 5.02 Å². The van der Waals surface area contributed by atoms with Gasteiger partial charge in [0.2, 0.25) is 0 Å². The smallest absolute Gasteiger partial charge is 0.387 e. The highest BCUT2D eigenvalue weighted by atomic mass is 35.5. The highest BCUT2D eigenvalue weighted by Gasteiger charge is 2.12. The van der Waals surface area contributed by atoms with E-state index in [1.54, 1.807) is 24.3 Å². The number of ether oxygens (including phenoxy) is 2. The molecule has 0 bridgehead atoms. The lowest BCUT2D eigenvalue weighted by atomic mass is 10.2. The summed E-state index contributed by atoms with van der Waals surface area (Å²) < 4.78 is 33.3. The van der Waals surface area contributed by atoms with Crippen molar-refractivity contribution in [3.8, 4) is 5.75 Å². The zero-order chi connectivity index (χ0) is 18.2. The van der Waals surface area contributed by atoms with E-state index in [0.29, 0.717) is 5.02 Å². The van der Waals surface area contributed by atoms with Crippen LogP contribution in [0, 0.1) is 0 Å². The van der Waals surface area contributed by atoms with Gasteiger partial charge in [-0.25, -0.2) is 4.79 Å². The maximum absolute atomic E-state index is 12.2. The quantitative estimate of drug-likeness (QED) is 0.760. The SMILES string of the molecule is O=C(COC(=O)c1cccc(OC(F)F)c1)NCc1ccc(Cl)cc1. The molecule has 25 heavy (non-hydrogen) atoms. The van der Waals surface area contributed by atoms with Crippen LogP contribution in [0.5, 0.6) is 5.75 Å². The lowest BCUT2D eigenvalue weighted by Crippen LogP contribution is -2.28. The van der Waals surface area contributed by atoms with Crippen LogP contribution in [0.1, 0.15) is 15.9 Å². The van der Waals surface area contributed by atoms with E-state index in [0.717, 1.165) is 11.6 Å². The molecule has 132 valence electrons. The molecule has 0 atom stereocenters. The number of amides is 1. The van der Waals surface area contributed by atoms with E-state index in [-0.39, 0.29) is 17.9 Å². The Morgan fingerprint density at radius 1 is 1.12 bits per heavy atom. The molecule has 1 amide bonds. The number of carbonyl (C=O) groups excluding carboxylic acids is 2. The fraction of sp³-hybridized carbons (Fsp3) is 0.176. The first-order valence-corrected chi connectivity index (χ1v) is 7.55. The van der Waals surface area contributed by atoms with Crippen molar-refractivity contribution in [3.05, 3.63) is 64.7 Å². The molecule has 1 N–H and O–H groups in total. The summed E-state index contributed by atoms with van der Waals surface area (Å²) in [5, 5.41) is 3.16. The van der Waals surface area contributed by atoms with Crippen LogP contribution >= 0.6 is 11.6 Å². The molecule has 2 rings (SSSR count). The number of halogens is 3. The van der Waals surface area contributed by atoms with Crippen LogP contribution in [-0.2, 0) is 16.1 Å². The van der Waals surface area contributed by atoms with Crippen molar-refractivity contribution in [1.29, 1.82) is 0 Å². The molecule has 5 nitrogen and oxygen atoms in total. The first-order chi connectivity index (χ1) is 11.9. The van der Waals surface area contributed by atoms with E-state index in [4.69, 9.17) is 16.3 Å². The third-order valence-corrected chi connectivity index (χ3v) is 3.28. The number of hydrogen-bond donors (Lipinski definition) is 1. The van der Waals surface area contributed by atoms with E-state index >= 15 is 0 Å². The Balaban J connectivity index is 1.80. The Morgan fingerprint density at radius 2 is 1.84 bits per heavy atom. The second-order valence-corrected chi connectivity index (χ2v) is 5.32. The Hall–Kier alpha value is -2.67. The number of alkyl halides is 2. The Labute approximate surface area is 147 Å². The van der Waals surface area contributed by atoms with Gasteiger partial charge in [-0.2, -0.15) is 8.78 Å². The summed E-state index contributed by atoms with van der Waals surface area (Å²) in [5.74, 6) is -1.48. The van der Waals surface area contributed by atoms with Crippen molar-refractivity contribution in [1.82, 2.24) is 5.32 Å². The Kier molecular flexibility index (Phi) is 6.71. The number of esters is 1. The molecule has 0 radical (unpaired) electrons. The molecule has 0 fully saturated rings. The summed E-state index contributed by atoms with van der Waals surface area (Å²) >= 11 is 5.76. The van der Waals surface area contributed by atoms with Gasteiger partial charge in [-0.05, 0) is 35.9 Å². The Morgan fingerprint density at radius 3 is 2.52 bits per heavy atom. The van der Waals surface area contributed by atoms with E-state index in [1.807, 2.05) is 0 Å². The monoisotopic (exact) mass is 369 g/mol. The van der Waals surface area contributed by atoms with Gasteiger partial charge >= 0.3 is 12.6 Å². The molecule has 0 heterocycles. The highest BCUT2D eigenvalue weighted by Crippen LogP contribution is 2.16. The topological polar surface area (TPSA) is 64.6 Å². The molecular formula is C17H14ClF2NO4. The zero-order valence-corrected chi connectivity index (χ0v) is 13.6. The maximum Gasteiger partial charge on any atom is 0.387 e.